The van der Waals surface area contributed by atoms with Crippen LogP contribution in [0.2, 0.25) is 5.02 Å². The minimum Gasteiger partial charge on any atom is -0.487 e. The van der Waals surface area contributed by atoms with Crippen molar-refractivity contribution in [3.63, 3.8) is 0 Å². The van der Waals surface area contributed by atoms with Crippen molar-refractivity contribution in [2.24, 2.45) is 12.5 Å². The number of ether oxygens (including phenoxy) is 1. The van der Waals surface area contributed by atoms with Crippen LogP contribution in [0.5, 0.6) is 5.75 Å². The van der Waals surface area contributed by atoms with E-state index in [0.29, 0.717) is 39.9 Å². The second-order valence-electron chi connectivity index (χ2n) is 10.4. The molecule has 12 heteroatoms. The largest absolute Gasteiger partial charge is 0.487 e. The number of imidazole rings is 1. The molecule has 3 aromatic carbocycles. The van der Waals surface area contributed by atoms with Gasteiger partial charge in [0, 0.05) is 35.2 Å². The molecule has 0 atom stereocenters. The molecule has 0 bridgehead atoms. The highest BCUT2D eigenvalue weighted by molar-refractivity contribution is 9.10. The van der Waals surface area contributed by atoms with Gasteiger partial charge in [0.05, 0.1) is 27.3 Å². The second kappa shape index (κ2) is 12.4. The van der Waals surface area contributed by atoms with Crippen LogP contribution in [0.1, 0.15) is 36.7 Å². The fourth-order valence-electron chi connectivity index (χ4n) is 3.86. The van der Waals surface area contributed by atoms with Gasteiger partial charge in [-0.1, -0.05) is 54.4 Å². The maximum Gasteiger partial charge on any atom is 0.272 e. The lowest BCUT2D eigenvalue weighted by molar-refractivity contribution is -0.128. The van der Waals surface area contributed by atoms with Gasteiger partial charge in [0.25, 0.3) is 12.3 Å². The number of alkyl halides is 2. The van der Waals surface area contributed by atoms with Crippen LogP contribution in [0, 0.1) is 5.41 Å². The third kappa shape index (κ3) is 7.53. The summed E-state index contributed by atoms with van der Waals surface area (Å²) in [5.41, 5.74) is 2.41. The molecule has 0 fully saturated rings. The Morgan fingerprint density at radius 1 is 1.10 bits per heavy atom. The lowest BCUT2D eigenvalue weighted by Gasteiger charge is -2.18. The van der Waals surface area contributed by atoms with Crippen LogP contribution in [-0.4, -0.2) is 34.4 Å². The highest BCUT2D eigenvalue weighted by atomic mass is 79.9. The molecule has 4 rings (SSSR count). The van der Waals surface area contributed by atoms with E-state index in [2.05, 4.69) is 36.9 Å². The molecule has 0 radical (unpaired) electrons. The smallest absolute Gasteiger partial charge is 0.272 e. The first-order chi connectivity index (χ1) is 19.3. The van der Waals surface area contributed by atoms with Crippen LogP contribution < -0.4 is 20.7 Å². The van der Waals surface area contributed by atoms with Gasteiger partial charge >= 0.3 is 0 Å². The van der Waals surface area contributed by atoms with Crippen LogP contribution in [0.25, 0.3) is 11.0 Å². The highest BCUT2D eigenvalue weighted by Gasteiger charge is 2.22. The topological polar surface area (TPSA) is 97.3 Å². The quantitative estimate of drug-likeness (QED) is 0.177. The first-order valence-electron chi connectivity index (χ1n) is 12.6. The Labute approximate surface area is 249 Å². The van der Waals surface area contributed by atoms with Crippen molar-refractivity contribution in [3.05, 3.63) is 75.2 Å². The Morgan fingerprint density at radius 3 is 2.46 bits per heavy atom. The summed E-state index contributed by atoms with van der Waals surface area (Å²) < 4.78 is 33.9. The van der Waals surface area contributed by atoms with E-state index in [1.807, 2.05) is 26.8 Å². The molecule has 0 aliphatic carbocycles. The van der Waals surface area contributed by atoms with E-state index >= 15 is 0 Å². The van der Waals surface area contributed by atoms with E-state index < -0.39 is 24.4 Å². The number of rotatable bonds is 9. The number of benzene rings is 3. The molecule has 216 valence electrons. The SMILES string of the molecule is Cn1c(Nc2cc(CNC(=O)C(C)(C)C)ccc2Cl)nc2cc(C(=O)Nc3ccc(Br)cc3)c(OCC(F)F)cc21. The van der Waals surface area contributed by atoms with Crippen molar-refractivity contribution in [2.45, 2.75) is 33.7 Å². The Hall–Kier alpha value is -3.70. The number of nitrogens with zero attached hydrogens (tertiary/aromatic N) is 2. The van der Waals surface area contributed by atoms with E-state index in [9.17, 15) is 18.4 Å². The minimum atomic E-state index is -2.72. The number of halogens is 4. The average molecular weight is 649 g/mol. The predicted octanol–water partition coefficient (Wildman–Crippen LogP) is 7.29. The maximum absolute atomic E-state index is 13.2. The van der Waals surface area contributed by atoms with Gasteiger partial charge in [0.1, 0.15) is 12.4 Å². The molecule has 0 saturated carbocycles. The summed E-state index contributed by atoms with van der Waals surface area (Å²) >= 11 is 9.79. The molecular weight excluding hydrogens is 620 g/mol. The number of hydrogen-bond donors (Lipinski definition) is 3. The van der Waals surface area contributed by atoms with Crippen molar-refractivity contribution >= 4 is 67.7 Å². The minimum absolute atomic E-state index is 0.00317. The van der Waals surface area contributed by atoms with Gasteiger partial charge in [-0.15, -0.1) is 0 Å². The molecule has 1 aromatic heterocycles. The molecule has 0 aliphatic rings. The molecule has 4 aromatic rings. The first-order valence-corrected chi connectivity index (χ1v) is 13.8. The standard InChI is InChI=1S/C29H29BrClF2N5O3/c1-29(2,3)27(40)34-14-16-5-10-20(31)21(11-16)36-28-37-22-12-19(26(39)35-18-8-6-17(30)7-9-18)24(41-15-25(32)33)13-23(22)38(28)4/h5-13,25H,14-15H2,1-4H3,(H,34,40)(H,35,39)(H,36,37). The van der Waals surface area contributed by atoms with Crippen molar-refractivity contribution in [1.29, 1.82) is 0 Å². The van der Waals surface area contributed by atoms with Gasteiger partial charge in [-0.2, -0.15) is 0 Å². The van der Waals surface area contributed by atoms with Gasteiger partial charge in [0.15, 0.2) is 0 Å². The fourth-order valence-corrected chi connectivity index (χ4v) is 4.29. The number of aryl methyl sites for hydroxylation is 1. The Bertz CT molecular complexity index is 1590. The van der Waals surface area contributed by atoms with E-state index in [1.165, 1.54) is 12.1 Å². The van der Waals surface area contributed by atoms with Crippen LogP contribution in [0.3, 0.4) is 0 Å². The lowest BCUT2D eigenvalue weighted by Crippen LogP contribution is -2.34. The summed E-state index contributed by atoms with van der Waals surface area (Å²) in [6.45, 7) is 4.95. The van der Waals surface area contributed by atoms with Gasteiger partial charge in [-0.25, -0.2) is 13.8 Å². The van der Waals surface area contributed by atoms with Crippen LogP contribution in [-0.2, 0) is 18.4 Å². The zero-order valence-electron chi connectivity index (χ0n) is 22.8. The van der Waals surface area contributed by atoms with Crippen molar-refractivity contribution < 1.29 is 23.1 Å². The number of carbonyl (C=O) groups is 2. The molecular formula is C29H29BrClF2N5O3. The number of aromatic nitrogens is 2. The van der Waals surface area contributed by atoms with Crippen LogP contribution in [0.4, 0.5) is 26.1 Å². The summed E-state index contributed by atoms with van der Waals surface area (Å²) in [4.78, 5) is 30.1. The zero-order valence-corrected chi connectivity index (χ0v) is 25.2. The summed E-state index contributed by atoms with van der Waals surface area (Å²) in [7, 11) is 1.73. The number of fused-ring (bicyclic) bond motifs is 1. The van der Waals surface area contributed by atoms with Gasteiger partial charge < -0.3 is 25.3 Å². The number of carbonyl (C=O) groups excluding carboxylic acids is 2. The average Bonchev–Trinajstić information content (AvgIpc) is 3.21. The van der Waals surface area contributed by atoms with Crippen molar-refractivity contribution in [3.8, 4) is 5.75 Å². The number of hydrogen-bond acceptors (Lipinski definition) is 5. The summed E-state index contributed by atoms with van der Waals surface area (Å²) in [5.74, 6) is -0.228. The third-order valence-electron chi connectivity index (χ3n) is 6.11. The molecule has 41 heavy (non-hydrogen) atoms. The number of amides is 2. The van der Waals surface area contributed by atoms with Gasteiger partial charge in [-0.3, -0.25) is 9.59 Å². The fraction of sp³-hybridized carbons (Fsp3) is 0.276. The summed E-state index contributed by atoms with van der Waals surface area (Å²) in [6, 6.07) is 15.3. The zero-order chi connectivity index (χ0) is 29.9. The van der Waals surface area contributed by atoms with E-state index in [4.69, 9.17) is 16.3 Å². The number of nitrogens with one attached hydrogen (secondary N) is 3. The van der Waals surface area contributed by atoms with Crippen LogP contribution >= 0.6 is 27.5 Å². The Balaban J connectivity index is 1.64. The molecule has 0 aliphatic heterocycles. The van der Waals surface area contributed by atoms with Crippen molar-refractivity contribution in [1.82, 2.24) is 14.9 Å². The second-order valence-corrected chi connectivity index (χ2v) is 11.7. The van der Waals surface area contributed by atoms with Gasteiger partial charge in [0.2, 0.25) is 11.9 Å². The predicted molar refractivity (Wildman–Crippen MR) is 160 cm³/mol. The van der Waals surface area contributed by atoms with Gasteiger partial charge in [-0.05, 0) is 48.0 Å². The molecule has 0 spiro atoms. The van der Waals surface area contributed by atoms with E-state index in [0.717, 1.165) is 10.0 Å². The number of anilines is 3. The van der Waals surface area contributed by atoms with E-state index in [-0.39, 0.29) is 17.2 Å². The van der Waals surface area contributed by atoms with Crippen molar-refractivity contribution in [2.75, 3.05) is 17.2 Å². The molecule has 1 heterocycles. The summed E-state index contributed by atoms with van der Waals surface area (Å²) in [5, 5.41) is 9.29. The highest BCUT2D eigenvalue weighted by Crippen LogP contribution is 2.32. The molecule has 0 unspecified atom stereocenters. The Morgan fingerprint density at radius 2 is 1.80 bits per heavy atom. The summed E-state index contributed by atoms with van der Waals surface area (Å²) in [6.07, 6.45) is -2.72. The van der Waals surface area contributed by atoms with E-state index in [1.54, 1.807) is 48.0 Å². The maximum atomic E-state index is 13.2. The monoisotopic (exact) mass is 647 g/mol. The first kappa shape index (κ1) is 30.3. The third-order valence-corrected chi connectivity index (χ3v) is 6.96. The Kier molecular flexibility index (Phi) is 9.18. The lowest BCUT2D eigenvalue weighted by atomic mass is 9.95. The molecule has 0 saturated heterocycles. The molecule has 2 amide bonds. The normalized spacial score (nSPS) is 11.5. The molecule has 8 nitrogen and oxygen atoms in total. The molecule has 3 N–H and O–H groups in total. The van der Waals surface area contributed by atoms with Crippen LogP contribution in [0.15, 0.2) is 59.1 Å².